The summed E-state index contributed by atoms with van der Waals surface area (Å²) in [6.45, 7) is 1.65. The molecule has 11 heteroatoms. The van der Waals surface area contributed by atoms with Crippen LogP contribution in [0.1, 0.15) is 18.1 Å². The average molecular weight is 622 g/mol. The first-order valence-corrected chi connectivity index (χ1v) is 12.2. The molecule has 1 aliphatic heterocycles. The number of amides is 2. The first-order chi connectivity index (χ1) is 15.7. The van der Waals surface area contributed by atoms with E-state index < -0.39 is 23.7 Å². The summed E-state index contributed by atoms with van der Waals surface area (Å²) in [4.78, 5) is 37.5. The predicted molar refractivity (Wildman–Crippen MR) is 136 cm³/mol. The molecule has 2 aromatic rings. The standard InChI is InChI=1S/C22H18Cl2INO6S/c1-3-31-19(27)10-26-21(28)18(33-22(26)29)9-13-7-16(25)20(17(8-13)30-2)32-11-12-4-5-14(23)15(24)6-12/h4-9H,3,10-11H2,1-2H3. The van der Waals surface area contributed by atoms with Gasteiger partial charge in [-0.2, -0.15) is 0 Å². The van der Waals surface area contributed by atoms with E-state index in [9.17, 15) is 14.4 Å². The number of hydrogen-bond donors (Lipinski definition) is 0. The van der Waals surface area contributed by atoms with Gasteiger partial charge in [0.1, 0.15) is 13.2 Å². The van der Waals surface area contributed by atoms with Gasteiger partial charge in [0.2, 0.25) is 0 Å². The van der Waals surface area contributed by atoms with E-state index in [1.54, 1.807) is 37.3 Å². The van der Waals surface area contributed by atoms with Gasteiger partial charge in [0, 0.05) is 0 Å². The van der Waals surface area contributed by atoms with Crippen molar-refractivity contribution in [3.63, 3.8) is 0 Å². The van der Waals surface area contributed by atoms with Gasteiger partial charge >= 0.3 is 5.97 Å². The van der Waals surface area contributed by atoms with Crippen LogP contribution in [-0.2, 0) is 20.9 Å². The molecule has 7 nitrogen and oxygen atoms in total. The van der Waals surface area contributed by atoms with Crippen molar-refractivity contribution in [2.24, 2.45) is 0 Å². The van der Waals surface area contributed by atoms with E-state index in [1.165, 1.54) is 7.11 Å². The summed E-state index contributed by atoms with van der Waals surface area (Å²) < 4.78 is 17.0. The number of esters is 1. The SMILES string of the molecule is CCOC(=O)CN1C(=O)SC(=Cc2cc(I)c(OCc3ccc(Cl)c(Cl)c3)c(OC)c2)C1=O. The Morgan fingerprint density at radius 1 is 1.18 bits per heavy atom. The van der Waals surface area contributed by atoms with Gasteiger partial charge in [0.15, 0.2) is 11.5 Å². The maximum atomic E-state index is 12.6. The molecule has 1 aliphatic rings. The maximum Gasteiger partial charge on any atom is 0.326 e. The zero-order valence-corrected chi connectivity index (χ0v) is 22.0. The van der Waals surface area contributed by atoms with Crippen LogP contribution < -0.4 is 9.47 Å². The van der Waals surface area contributed by atoms with E-state index in [-0.39, 0.29) is 18.1 Å². The third-order valence-electron chi connectivity index (χ3n) is 4.38. The number of thioether (sulfide) groups is 1. The maximum absolute atomic E-state index is 12.6. The van der Waals surface area contributed by atoms with E-state index in [0.717, 1.165) is 25.8 Å². The van der Waals surface area contributed by atoms with E-state index >= 15 is 0 Å². The monoisotopic (exact) mass is 621 g/mol. The predicted octanol–water partition coefficient (Wildman–Crippen LogP) is 5.79. The third kappa shape index (κ3) is 6.34. The van der Waals surface area contributed by atoms with Crippen molar-refractivity contribution >= 4 is 80.7 Å². The second kappa shape index (κ2) is 11.5. The quantitative estimate of drug-likeness (QED) is 0.210. The summed E-state index contributed by atoms with van der Waals surface area (Å²) in [5.74, 6) is -0.205. The molecule has 2 amide bonds. The lowest BCUT2D eigenvalue weighted by Gasteiger charge is -2.14. The molecule has 2 aromatic carbocycles. The van der Waals surface area contributed by atoms with Crippen LogP contribution in [0.25, 0.3) is 6.08 Å². The largest absolute Gasteiger partial charge is 0.493 e. The van der Waals surface area contributed by atoms with Gasteiger partial charge in [0.05, 0.1) is 32.2 Å². The molecule has 1 fully saturated rings. The first-order valence-electron chi connectivity index (χ1n) is 9.58. The van der Waals surface area contributed by atoms with Crippen molar-refractivity contribution in [1.29, 1.82) is 0 Å². The molecule has 0 unspecified atom stereocenters. The van der Waals surface area contributed by atoms with Crippen molar-refractivity contribution in [1.82, 2.24) is 4.90 Å². The summed E-state index contributed by atoms with van der Waals surface area (Å²) in [5.41, 5.74) is 1.47. The molecule has 0 saturated carbocycles. The summed E-state index contributed by atoms with van der Waals surface area (Å²) in [6.07, 6.45) is 1.57. The summed E-state index contributed by atoms with van der Waals surface area (Å²) in [6, 6.07) is 8.74. The Morgan fingerprint density at radius 3 is 2.61 bits per heavy atom. The number of rotatable bonds is 8. The Morgan fingerprint density at radius 2 is 1.94 bits per heavy atom. The Balaban J connectivity index is 1.79. The highest BCUT2D eigenvalue weighted by molar-refractivity contribution is 14.1. The van der Waals surface area contributed by atoms with E-state index in [0.29, 0.717) is 27.1 Å². The molecule has 33 heavy (non-hydrogen) atoms. The van der Waals surface area contributed by atoms with Crippen LogP contribution in [0.5, 0.6) is 11.5 Å². The number of imide groups is 1. The lowest BCUT2D eigenvalue weighted by atomic mass is 10.1. The number of methoxy groups -OCH3 is 1. The summed E-state index contributed by atoms with van der Waals surface area (Å²) in [7, 11) is 1.51. The fourth-order valence-electron chi connectivity index (χ4n) is 2.87. The molecule has 1 saturated heterocycles. The molecule has 3 rings (SSSR count). The normalized spacial score (nSPS) is 14.7. The molecular formula is C22H18Cl2INO6S. The zero-order chi connectivity index (χ0) is 24.1. The van der Waals surface area contributed by atoms with Gasteiger partial charge in [-0.15, -0.1) is 0 Å². The van der Waals surface area contributed by atoms with E-state index in [1.807, 2.05) is 6.07 Å². The molecule has 0 aromatic heterocycles. The fraction of sp³-hybridized carbons (Fsp3) is 0.227. The molecule has 1 heterocycles. The highest BCUT2D eigenvalue weighted by Crippen LogP contribution is 2.38. The van der Waals surface area contributed by atoms with Crippen LogP contribution in [0, 0.1) is 3.57 Å². The second-order valence-electron chi connectivity index (χ2n) is 6.64. The van der Waals surface area contributed by atoms with Gasteiger partial charge in [-0.1, -0.05) is 29.3 Å². The van der Waals surface area contributed by atoms with Crippen LogP contribution in [0.15, 0.2) is 35.2 Å². The van der Waals surface area contributed by atoms with Crippen LogP contribution in [0.4, 0.5) is 4.79 Å². The van der Waals surface area contributed by atoms with Gasteiger partial charge in [-0.25, -0.2) is 0 Å². The van der Waals surface area contributed by atoms with Crippen LogP contribution in [0.3, 0.4) is 0 Å². The van der Waals surface area contributed by atoms with Gasteiger partial charge in [0.25, 0.3) is 11.1 Å². The smallest absolute Gasteiger partial charge is 0.326 e. The number of benzene rings is 2. The Bertz CT molecular complexity index is 1140. The molecule has 0 spiro atoms. The highest BCUT2D eigenvalue weighted by atomic mass is 127. The molecular weight excluding hydrogens is 604 g/mol. The summed E-state index contributed by atoms with van der Waals surface area (Å²) >= 11 is 14.9. The molecule has 0 atom stereocenters. The lowest BCUT2D eigenvalue weighted by molar-refractivity contribution is -0.145. The highest BCUT2D eigenvalue weighted by Gasteiger charge is 2.36. The van der Waals surface area contributed by atoms with Crippen molar-refractivity contribution in [3.05, 3.63) is 60.0 Å². The topological polar surface area (TPSA) is 82.1 Å². The van der Waals surface area contributed by atoms with Crippen LogP contribution in [0.2, 0.25) is 10.0 Å². The fourth-order valence-corrected chi connectivity index (χ4v) is 4.81. The number of carbonyl (C=O) groups is 3. The van der Waals surface area contributed by atoms with E-state index in [4.69, 9.17) is 37.4 Å². The Kier molecular flexibility index (Phi) is 8.91. The first kappa shape index (κ1) is 25.7. The molecule has 0 N–H and O–H groups in total. The molecule has 0 bridgehead atoms. The number of halogens is 3. The second-order valence-corrected chi connectivity index (χ2v) is 9.61. The Hall–Kier alpha value is -1.95. The van der Waals surface area contributed by atoms with Crippen LogP contribution in [-0.4, -0.2) is 42.3 Å². The van der Waals surface area contributed by atoms with Gasteiger partial charge in [-0.3, -0.25) is 19.3 Å². The average Bonchev–Trinajstić information content (AvgIpc) is 3.02. The van der Waals surface area contributed by atoms with Crippen molar-refractivity contribution in [2.45, 2.75) is 13.5 Å². The minimum atomic E-state index is -0.638. The molecule has 0 aliphatic carbocycles. The van der Waals surface area contributed by atoms with Crippen molar-refractivity contribution in [2.75, 3.05) is 20.3 Å². The number of carbonyl (C=O) groups excluding carboxylic acids is 3. The molecule has 0 radical (unpaired) electrons. The van der Waals surface area contributed by atoms with Crippen molar-refractivity contribution in [3.8, 4) is 11.5 Å². The minimum absolute atomic E-state index is 0.169. The third-order valence-corrected chi connectivity index (χ3v) is 6.83. The van der Waals surface area contributed by atoms with Crippen LogP contribution >= 0.6 is 57.6 Å². The number of hydrogen-bond acceptors (Lipinski definition) is 7. The van der Waals surface area contributed by atoms with E-state index in [2.05, 4.69) is 22.6 Å². The Labute approximate surface area is 218 Å². The lowest BCUT2D eigenvalue weighted by Crippen LogP contribution is -2.34. The molecule has 174 valence electrons. The van der Waals surface area contributed by atoms with Crippen molar-refractivity contribution < 1.29 is 28.6 Å². The van der Waals surface area contributed by atoms with Gasteiger partial charge in [-0.05, 0) is 82.7 Å². The number of nitrogens with zero attached hydrogens (tertiary/aromatic N) is 1. The van der Waals surface area contributed by atoms with Gasteiger partial charge < -0.3 is 14.2 Å². The number of ether oxygens (including phenoxy) is 3. The summed E-state index contributed by atoms with van der Waals surface area (Å²) in [5, 5.41) is 0.373. The minimum Gasteiger partial charge on any atom is -0.493 e. The zero-order valence-electron chi connectivity index (χ0n) is 17.5.